The lowest BCUT2D eigenvalue weighted by atomic mass is 10.0. The number of hydrogen-bond acceptors (Lipinski definition) is 2. The first-order valence-electron chi connectivity index (χ1n) is 8.72. The molecule has 2 aromatic carbocycles. The lowest BCUT2D eigenvalue weighted by Crippen LogP contribution is -2.40. The topological polar surface area (TPSA) is 29.5 Å². The third-order valence-corrected chi connectivity index (χ3v) is 4.21. The predicted molar refractivity (Wildman–Crippen MR) is 95.4 cm³/mol. The molecule has 2 aromatic rings. The van der Waals surface area contributed by atoms with Crippen molar-refractivity contribution in [3.8, 4) is 0 Å². The lowest BCUT2D eigenvalue weighted by molar-refractivity contribution is -0.149. The van der Waals surface area contributed by atoms with Crippen LogP contribution in [-0.4, -0.2) is 23.2 Å². The van der Waals surface area contributed by atoms with Gasteiger partial charge in [0, 0.05) is 6.42 Å². The Kier molecular flexibility index (Phi) is 5.91. The first-order valence-corrected chi connectivity index (χ1v) is 8.72. The zero-order chi connectivity index (χ0) is 21.9. The molecular formula is C21H15F6NO2. The molecule has 9 heteroatoms. The molecule has 0 aromatic heterocycles. The Labute approximate surface area is 167 Å². The number of hydrogen-bond donors (Lipinski definition) is 0. The fourth-order valence-electron chi connectivity index (χ4n) is 2.95. The number of allylic oxidation sites excluding steroid dienone is 3. The van der Waals surface area contributed by atoms with Gasteiger partial charge in [-0.25, -0.2) is 0 Å². The third kappa shape index (κ3) is 5.22. The Bertz CT molecular complexity index is 962. The number of alkyl halides is 6. The van der Waals surface area contributed by atoms with E-state index in [0.29, 0.717) is 16.0 Å². The van der Waals surface area contributed by atoms with Gasteiger partial charge in [0.1, 0.15) is 0 Å². The molecule has 158 valence electrons. The molecular weight excluding hydrogens is 412 g/mol. The Morgan fingerprint density at radius 3 is 1.87 bits per heavy atom. The van der Waals surface area contributed by atoms with Crippen LogP contribution < -0.4 is 0 Å². The molecule has 0 spiro atoms. The van der Waals surface area contributed by atoms with Gasteiger partial charge in [0.05, 0.1) is 18.3 Å². The zero-order valence-electron chi connectivity index (χ0n) is 15.3. The van der Waals surface area contributed by atoms with Crippen LogP contribution in [-0.2, 0) is 22.5 Å². The summed E-state index contributed by atoms with van der Waals surface area (Å²) in [7, 11) is 0. The minimum atomic E-state index is -5.11. The summed E-state index contributed by atoms with van der Waals surface area (Å²) in [6, 6.07) is 16.0. The van der Waals surface area contributed by atoms with Crippen molar-refractivity contribution in [3.63, 3.8) is 0 Å². The fraction of sp³-hybridized carbons (Fsp3) is 0.190. The van der Waals surface area contributed by atoms with Crippen LogP contribution in [0.15, 0.2) is 84.0 Å². The molecule has 0 fully saturated rings. The highest BCUT2D eigenvalue weighted by Crippen LogP contribution is 2.39. The molecule has 0 unspecified atom stereocenters. The van der Waals surface area contributed by atoms with Gasteiger partial charge in [0.15, 0.2) is 5.76 Å². The fourth-order valence-corrected chi connectivity index (χ4v) is 2.95. The molecule has 0 saturated carbocycles. The van der Waals surface area contributed by atoms with Crippen LogP contribution in [0.5, 0.6) is 0 Å². The van der Waals surface area contributed by atoms with Crippen molar-refractivity contribution >= 4 is 5.91 Å². The molecule has 0 atom stereocenters. The second-order valence-electron chi connectivity index (χ2n) is 6.47. The predicted octanol–water partition coefficient (Wildman–Crippen LogP) is 5.51. The maximum absolute atomic E-state index is 13.7. The van der Waals surface area contributed by atoms with Gasteiger partial charge in [-0.1, -0.05) is 60.7 Å². The van der Waals surface area contributed by atoms with Crippen molar-refractivity contribution in [3.05, 3.63) is 95.1 Å². The molecule has 1 amide bonds. The van der Waals surface area contributed by atoms with Gasteiger partial charge < -0.3 is 9.64 Å². The van der Waals surface area contributed by atoms with E-state index in [0.717, 1.165) is 0 Å². The molecule has 3 rings (SSSR count). The Morgan fingerprint density at radius 1 is 0.833 bits per heavy atom. The number of carbonyl (C=O) groups is 1. The van der Waals surface area contributed by atoms with Gasteiger partial charge in [-0.3, -0.25) is 4.79 Å². The molecule has 1 aliphatic rings. The highest BCUT2D eigenvalue weighted by atomic mass is 19.4. The second kappa shape index (κ2) is 8.25. The van der Waals surface area contributed by atoms with Gasteiger partial charge in [0.25, 0.3) is 5.91 Å². The van der Waals surface area contributed by atoms with Gasteiger partial charge >= 0.3 is 12.4 Å². The second-order valence-corrected chi connectivity index (χ2v) is 6.47. The standard InChI is InChI=1S/C21H15F6NO2/c22-20(23,24)12-17-19(29)28(13-15-9-5-2-6-10-15)16(18(30-17)21(25,26)27)11-14-7-3-1-4-8-14/h1-10,12H,11,13H2/b17-12-. The van der Waals surface area contributed by atoms with E-state index in [9.17, 15) is 31.1 Å². The van der Waals surface area contributed by atoms with Crippen LogP contribution in [0, 0.1) is 0 Å². The largest absolute Gasteiger partial charge is 0.451 e. The Balaban J connectivity index is 2.14. The summed E-state index contributed by atoms with van der Waals surface area (Å²) >= 11 is 0. The Morgan fingerprint density at radius 2 is 1.37 bits per heavy atom. The monoisotopic (exact) mass is 427 g/mol. The smallest absolute Gasteiger partial charge is 0.444 e. The minimum absolute atomic E-state index is 0.347. The highest BCUT2D eigenvalue weighted by Gasteiger charge is 2.47. The maximum Gasteiger partial charge on any atom is 0.451 e. The van der Waals surface area contributed by atoms with E-state index < -0.39 is 41.6 Å². The SMILES string of the molecule is O=C1/C(=C/C(F)(F)F)OC(C(F)(F)F)=C(Cc2ccccc2)N1Cc1ccccc1. The molecule has 0 aliphatic carbocycles. The van der Waals surface area contributed by atoms with Crippen molar-refractivity contribution in [2.75, 3.05) is 0 Å². The first kappa shape index (κ1) is 21.5. The van der Waals surface area contributed by atoms with Gasteiger partial charge in [0.2, 0.25) is 5.76 Å². The number of amides is 1. The van der Waals surface area contributed by atoms with Crippen LogP contribution in [0.25, 0.3) is 0 Å². The van der Waals surface area contributed by atoms with Crippen LogP contribution in [0.3, 0.4) is 0 Å². The number of ether oxygens (including phenoxy) is 1. The first-order chi connectivity index (χ1) is 14.0. The van der Waals surface area contributed by atoms with Crippen molar-refractivity contribution in [1.82, 2.24) is 4.90 Å². The van der Waals surface area contributed by atoms with Crippen LogP contribution in [0.1, 0.15) is 11.1 Å². The number of carbonyl (C=O) groups excluding carboxylic acids is 1. The van der Waals surface area contributed by atoms with E-state index >= 15 is 0 Å². The summed E-state index contributed by atoms with van der Waals surface area (Å²) in [5.74, 6) is -4.37. The molecule has 1 heterocycles. The molecule has 1 aliphatic heterocycles. The maximum atomic E-state index is 13.7. The normalized spacial score (nSPS) is 16.8. The highest BCUT2D eigenvalue weighted by molar-refractivity contribution is 5.94. The number of benzene rings is 2. The van der Waals surface area contributed by atoms with Gasteiger partial charge in [-0.15, -0.1) is 0 Å². The van der Waals surface area contributed by atoms with Crippen LogP contribution in [0.4, 0.5) is 26.3 Å². The summed E-state index contributed by atoms with van der Waals surface area (Å²) in [4.78, 5) is 13.4. The van der Waals surface area contributed by atoms with Gasteiger partial charge in [-0.2, -0.15) is 26.3 Å². The molecule has 3 nitrogen and oxygen atoms in total. The Hall–Kier alpha value is -3.23. The molecule has 0 saturated heterocycles. The molecule has 0 radical (unpaired) electrons. The van der Waals surface area contributed by atoms with E-state index in [-0.39, 0.29) is 13.0 Å². The quantitative estimate of drug-likeness (QED) is 0.476. The lowest BCUT2D eigenvalue weighted by Gasteiger charge is -2.34. The van der Waals surface area contributed by atoms with Crippen molar-refractivity contribution < 1.29 is 35.9 Å². The van der Waals surface area contributed by atoms with Crippen molar-refractivity contribution in [2.24, 2.45) is 0 Å². The minimum Gasteiger partial charge on any atom is -0.444 e. The van der Waals surface area contributed by atoms with Crippen LogP contribution >= 0.6 is 0 Å². The van der Waals surface area contributed by atoms with Crippen LogP contribution in [0.2, 0.25) is 0 Å². The zero-order valence-corrected chi connectivity index (χ0v) is 15.3. The average Bonchev–Trinajstić information content (AvgIpc) is 2.66. The van der Waals surface area contributed by atoms with Crippen molar-refractivity contribution in [2.45, 2.75) is 25.3 Å². The summed E-state index contributed by atoms with van der Waals surface area (Å²) in [6.45, 7) is -0.347. The van der Waals surface area contributed by atoms with Crippen molar-refractivity contribution in [1.29, 1.82) is 0 Å². The number of rotatable bonds is 4. The van der Waals surface area contributed by atoms with E-state index in [1.54, 1.807) is 60.7 Å². The van der Waals surface area contributed by atoms with Gasteiger partial charge in [-0.05, 0) is 11.1 Å². The summed E-state index contributed by atoms with van der Waals surface area (Å²) in [5, 5.41) is 0. The summed E-state index contributed by atoms with van der Waals surface area (Å²) < 4.78 is 84.1. The molecule has 30 heavy (non-hydrogen) atoms. The average molecular weight is 427 g/mol. The van der Waals surface area contributed by atoms with E-state index in [1.807, 2.05) is 0 Å². The summed E-state index contributed by atoms with van der Waals surface area (Å²) in [6.07, 6.45) is -11.0. The molecule has 0 N–H and O–H groups in total. The summed E-state index contributed by atoms with van der Waals surface area (Å²) in [5.41, 5.74) is 0.333. The number of nitrogens with zero attached hydrogens (tertiary/aromatic N) is 1. The number of halogens is 6. The van der Waals surface area contributed by atoms with E-state index in [4.69, 9.17) is 0 Å². The van der Waals surface area contributed by atoms with E-state index in [2.05, 4.69) is 4.74 Å². The molecule has 0 bridgehead atoms. The third-order valence-electron chi connectivity index (χ3n) is 4.21. The van der Waals surface area contributed by atoms with E-state index in [1.165, 1.54) is 0 Å².